The average molecular weight is 345 g/mol. The summed E-state index contributed by atoms with van der Waals surface area (Å²) in [6.07, 6.45) is 2.91. The number of anilines is 1. The Kier molecular flexibility index (Phi) is 4.94. The Balaban J connectivity index is 1.74. The van der Waals surface area contributed by atoms with Gasteiger partial charge in [0, 0.05) is 37.5 Å². The smallest absolute Gasteiger partial charge is 0.326 e. The normalized spacial score (nSPS) is 17.3. The fourth-order valence-corrected chi connectivity index (χ4v) is 2.86. The van der Waals surface area contributed by atoms with Crippen molar-refractivity contribution < 1.29 is 9.90 Å². The molecule has 0 spiro atoms. The number of rotatable bonds is 4. The number of H-pyrrole nitrogens is 2. The van der Waals surface area contributed by atoms with Crippen molar-refractivity contribution in [3.05, 3.63) is 56.5 Å². The van der Waals surface area contributed by atoms with Gasteiger partial charge < -0.3 is 20.3 Å². The van der Waals surface area contributed by atoms with Gasteiger partial charge in [0.15, 0.2) is 0 Å². The predicted octanol–water partition coefficient (Wildman–Crippen LogP) is -0.651. The molecule has 1 saturated heterocycles. The minimum Gasteiger partial charge on any atom is -0.391 e. The molecule has 3 rings (SSSR count). The maximum absolute atomic E-state index is 12.2. The van der Waals surface area contributed by atoms with Crippen LogP contribution >= 0.6 is 0 Å². The molecule has 1 aliphatic rings. The molecule has 4 N–H and O–H groups in total. The third-order valence-electron chi connectivity index (χ3n) is 4.01. The summed E-state index contributed by atoms with van der Waals surface area (Å²) in [7, 11) is 0. The average Bonchev–Trinajstić information content (AvgIpc) is 2.59. The number of aromatic nitrogens is 3. The van der Waals surface area contributed by atoms with Gasteiger partial charge in [-0.15, -0.1) is 0 Å². The Morgan fingerprint density at radius 2 is 2.24 bits per heavy atom. The monoisotopic (exact) mass is 345 g/mol. The summed E-state index contributed by atoms with van der Waals surface area (Å²) >= 11 is 0. The van der Waals surface area contributed by atoms with Crippen LogP contribution in [0.2, 0.25) is 0 Å². The molecule has 0 aromatic carbocycles. The van der Waals surface area contributed by atoms with Gasteiger partial charge in [-0.3, -0.25) is 14.6 Å². The van der Waals surface area contributed by atoms with Crippen LogP contribution in [0.3, 0.4) is 0 Å². The van der Waals surface area contributed by atoms with E-state index < -0.39 is 17.2 Å². The quantitative estimate of drug-likeness (QED) is 0.582. The van der Waals surface area contributed by atoms with Crippen LogP contribution < -0.4 is 21.5 Å². The Morgan fingerprint density at radius 3 is 3.00 bits per heavy atom. The Labute approximate surface area is 142 Å². The van der Waals surface area contributed by atoms with Crippen molar-refractivity contribution in [2.24, 2.45) is 0 Å². The first-order valence-electron chi connectivity index (χ1n) is 8.01. The van der Waals surface area contributed by atoms with Crippen molar-refractivity contribution in [3.63, 3.8) is 0 Å². The molecule has 0 saturated carbocycles. The number of carbonyl (C=O) groups is 1. The van der Waals surface area contributed by atoms with Gasteiger partial charge in [0.05, 0.1) is 6.10 Å². The number of pyridine rings is 1. The topological polar surface area (TPSA) is 131 Å². The van der Waals surface area contributed by atoms with Gasteiger partial charge in [-0.25, -0.2) is 9.78 Å². The highest BCUT2D eigenvalue weighted by Gasteiger charge is 2.21. The van der Waals surface area contributed by atoms with E-state index >= 15 is 0 Å². The third-order valence-corrected chi connectivity index (χ3v) is 4.01. The number of nitrogens with zero attached hydrogens (tertiary/aromatic N) is 2. The lowest BCUT2D eigenvalue weighted by Crippen LogP contribution is -2.39. The lowest BCUT2D eigenvalue weighted by molar-refractivity contribution is 0.0945. The second-order valence-corrected chi connectivity index (χ2v) is 5.91. The van der Waals surface area contributed by atoms with Crippen LogP contribution in [-0.2, 0) is 6.54 Å². The number of piperidine rings is 1. The zero-order chi connectivity index (χ0) is 17.8. The molecule has 1 atom stereocenters. The first kappa shape index (κ1) is 16.9. The highest BCUT2D eigenvalue weighted by Crippen LogP contribution is 2.21. The summed E-state index contributed by atoms with van der Waals surface area (Å²) in [5, 5.41) is 12.5. The standard InChI is InChI=1S/C16H19N5O4/c22-11-4-2-6-21(9-11)14-10(3-1-5-17-14)8-18-15(24)12-7-13(23)20-16(25)19-12/h1,3,5,7,11,22H,2,4,6,8-9H2,(H,18,24)(H2,19,20,23,25)/t11-/m1/s1. The van der Waals surface area contributed by atoms with Crippen LogP contribution in [0, 0.1) is 0 Å². The predicted molar refractivity (Wildman–Crippen MR) is 90.5 cm³/mol. The Morgan fingerprint density at radius 1 is 1.40 bits per heavy atom. The largest absolute Gasteiger partial charge is 0.391 e. The number of nitrogens with one attached hydrogen (secondary N) is 3. The fourth-order valence-electron chi connectivity index (χ4n) is 2.86. The molecule has 1 amide bonds. The van der Waals surface area contributed by atoms with Gasteiger partial charge in [-0.2, -0.15) is 0 Å². The van der Waals surface area contributed by atoms with E-state index in [1.54, 1.807) is 12.3 Å². The number of β-amino-alcohol motifs (C(OH)–C–C–N with tert-alkyl or cyclic N) is 1. The summed E-state index contributed by atoms with van der Waals surface area (Å²) in [4.78, 5) is 45.3. The van der Waals surface area contributed by atoms with Gasteiger partial charge in [0.2, 0.25) is 0 Å². The molecule has 25 heavy (non-hydrogen) atoms. The number of amides is 1. The minimum atomic E-state index is -0.734. The van der Waals surface area contributed by atoms with Gasteiger partial charge >= 0.3 is 5.69 Å². The van der Waals surface area contributed by atoms with Gasteiger partial charge in [-0.1, -0.05) is 6.07 Å². The van der Waals surface area contributed by atoms with Crippen molar-refractivity contribution in [1.82, 2.24) is 20.3 Å². The van der Waals surface area contributed by atoms with Crippen LogP contribution in [0.25, 0.3) is 0 Å². The molecule has 132 valence electrons. The Hall–Kier alpha value is -2.94. The van der Waals surface area contributed by atoms with Crippen LogP contribution in [0.15, 0.2) is 34.0 Å². The van der Waals surface area contributed by atoms with Gasteiger partial charge in [-0.05, 0) is 18.9 Å². The fraction of sp³-hybridized carbons (Fsp3) is 0.375. The number of aliphatic hydroxyl groups excluding tert-OH is 1. The number of hydrogen-bond acceptors (Lipinski definition) is 6. The molecule has 1 aliphatic heterocycles. The summed E-state index contributed by atoms with van der Waals surface area (Å²) in [5.41, 5.74) is -0.690. The van der Waals surface area contributed by atoms with E-state index in [4.69, 9.17) is 0 Å². The molecule has 2 aromatic heterocycles. The second kappa shape index (κ2) is 7.31. The lowest BCUT2D eigenvalue weighted by Gasteiger charge is -2.32. The zero-order valence-electron chi connectivity index (χ0n) is 13.5. The molecule has 0 bridgehead atoms. The number of aliphatic hydroxyl groups is 1. The maximum Gasteiger partial charge on any atom is 0.326 e. The van der Waals surface area contributed by atoms with Gasteiger partial charge in [0.1, 0.15) is 11.5 Å². The van der Waals surface area contributed by atoms with E-state index in [2.05, 4.69) is 15.3 Å². The van der Waals surface area contributed by atoms with Crippen molar-refractivity contribution >= 4 is 11.7 Å². The van der Waals surface area contributed by atoms with Crippen LogP contribution in [0.4, 0.5) is 5.82 Å². The molecule has 2 aromatic rings. The summed E-state index contributed by atoms with van der Waals surface area (Å²) in [6, 6.07) is 4.63. The number of aromatic amines is 2. The molecule has 1 fully saturated rings. The summed E-state index contributed by atoms with van der Waals surface area (Å²) < 4.78 is 0. The SMILES string of the molecule is O=C(NCc1cccnc1N1CCC[C@@H](O)C1)c1cc(=O)[nH]c(=O)[nH]1. The van der Waals surface area contributed by atoms with Crippen LogP contribution in [-0.4, -0.2) is 45.2 Å². The zero-order valence-corrected chi connectivity index (χ0v) is 13.5. The molecule has 9 heteroatoms. The molecule has 0 radical (unpaired) electrons. The molecule has 0 unspecified atom stereocenters. The van der Waals surface area contributed by atoms with E-state index in [9.17, 15) is 19.5 Å². The number of carbonyl (C=O) groups excluding carboxylic acids is 1. The van der Waals surface area contributed by atoms with Crippen molar-refractivity contribution in [1.29, 1.82) is 0 Å². The van der Waals surface area contributed by atoms with Gasteiger partial charge in [0.25, 0.3) is 11.5 Å². The summed E-state index contributed by atoms with van der Waals surface area (Å²) in [6.45, 7) is 1.47. The number of hydrogen-bond donors (Lipinski definition) is 4. The highest BCUT2D eigenvalue weighted by molar-refractivity contribution is 5.92. The van der Waals surface area contributed by atoms with E-state index in [0.717, 1.165) is 31.0 Å². The van der Waals surface area contributed by atoms with Crippen molar-refractivity contribution in [2.75, 3.05) is 18.0 Å². The second-order valence-electron chi connectivity index (χ2n) is 5.91. The summed E-state index contributed by atoms with van der Waals surface area (Å²) in [5.74, 6) is 0.151. The first-order valence-corrected chi connectivity index (χ1v) is 8.01. The molecule has 9 nitrogen and oxygen atoms in total. The van der Waals surface area contributed by atoms with E-state index in [-0.39, 0.29) is 18.3 Å². The van der Waals surface area contributed by atoms with E-state index in [0.29, 0.717) is 12.4 Å². The maximum atomic E-state index is 12.2. The van der Waals surface area contributed by atoms with Crippen LogP contribution in [0.5, 0.6) is 0 Å². The molecule has 3 heterocycles. The van der Waals surface area contributed by atoms with E-state index in [1.165, 1.54) is 0 Å². The Bertz CT molecular complexity index is 847. The van der Waals surface area contributed by atoms with E-state index in [1.807, 2.05) is 16.0 Å². The van der Waals surface area contributed by atoms with Crippen molar-refractivity contribution in [2.45, 2.75) is 25.5 Å². The first-order chi connectivity index (χ1) is 12.0. The third kappa shape index (κ3) is 4.13. The minimum absolute atomic E-state index is 0.104. The van der Waals surface area contributed by atoms with Crippen molar-refractivity contribution in [3.8, 4) is 0 Å². The molecular weight excluding hydrogens is 326 g/mol. The van der Waals surface area contributed by atoms with Crippen LogP contribution in [0.1, 0.15) is 28.9 Å². The lowest BCUT2D eigenvalue weighted by atomic mass is 10.1. The molecular formula is C16H19N5O4. The highest BCUT2D eigenvalue weighted by atomic mass is 16.3. The molecule has 0 aliphatic carbocycles.